The molecule has 1 atom stereocenters. The Bertz CT molecular complexity index is 751. The van der Waals surface area contributed by atoms with Crippen LogP contribution in [0.3, 0.4) is 0 Å². The van der Waals surface area contributed by atoms with E-state index in [0.717, 1.165) is 5.69 Å². The van der Waals surface area contributed by atoms with Crippen molar-refractivity contribution in [3.05, 3.63) is 54.6 Å². The molecule has 1 unspecified atom stereocenters. The zero-order chi connectivity index (χ0) is 16.1. The molecule has 8 nitrogen and oxygen atoms in total. The van der Waals surface area contributed by atoms with E-state index < -0.39 is 0 Å². The Morgan fingerprint density at radius 2 is 2.09 bits per heavy atom. The number of carbonyl (C=O) groups excluding carboxylic acids is 1. The molecule has 0 saturated carbocycles. The van der Waals surface area contributed by atoms with Crippen molar-refractivity contribution in [1.29, 1.82) is 0 Å². The van der Waals surface area contributed by atoms with Crippen LogP contribution < -0.4 is 5.32 Å². The number of hydrogen-bond acceptors (Lipinski definition) is 5. The molecule has 2 heterocycles. The minimum absolute atomic E-state index is 0.0666. The number of hydrogen-bond donors (Lipinski definition) is 1. The number of benzene rings is 1. The Kier molecular flexibility index (Phi) is 4.41. The molecular weight excluding hydrogens is 294 g/mol. The van der Waals surface area contributed by atoms with Gasteiger partial charge in [-0.15, -0.1) is 5.10 Å². The van der Waals surface area contributed by atoms with E-state index in [1.165, 1.54) is 0 Å². The average Bonchev–Trinajstić information content (AvgIpc) is 3.24. The lowest BCUT2D eigenvalue weighted by molar-refractivity contribution is -0.125. The van der Waals surface area contributed by atoms with Crippen molar-refractivity contribution in [3.63, 3.8) is 0 Å². The standard InChI is InChI=1S/C15H17N7O/c1-12(11-21-9-5-8-17-21)15(23)16-10-14-18-19-20-22(14)13-6-3-2-4-7-13/h2-9,12H,10-11H2,1H3,(H,16,23). The predicted octanol–water partition coefficient (Wildman–Crippen LogP) is 0.811. The van der Waals surface area contributed by atoms with Crippen molar-refractivity contribution >= 4 is 5.91 Å². The molecule has 3 aromatic rings. The smallest absolute Gasteiger partial charge is 0.225 e. The molecule has 0 spiro atoms. The van der Waals surface area contributed by atoms with Gasteiger partial charge in [-0.2, -0.15) is 9.78 Å². The SMILES string of the molecule is CC(Cn1cccn1)C(=O)NCc1nnnn1-c1ccccc1. The van der Waals surface area contributed by atoms with E-state index in [1.54, 1.807) is 15.6 Å². The van der Waals surface area contributed by atoms with Gasteiger partial charge >= 0.3 is 0 Å². The van der Waals surface area contributed by atoms with E-state index in [4.69, 9.17) is 0 Å². The van der Waals surface area contributed by atoms with Crippen LogP contribution in [0.25, 0.3) is 5.69 Å². The molecule has 3 rings (SSSR count). The van der Waals surface area contributed by atoms with Gasteiger partial charge in [0.05, 0.1) is 24.7 Å². The molecule has 0 fully saturated rings. The van der Waals surface area contributed by atoms with Crippen molar-refractivity contribution in [3.8, 4) is 5.69 Å². The monoisotopic (exact) mass is 311 g/mol. The largest absolute Gasteiger partial charge is 0.348 e. The van der Waals surface area contributed by atoms with E-state index >= 15 is 0 Å². The molecule has 0 aliphatic heterocycles. The molecule has 8 heteroatoms. The van der Waals surface area contributed by atoms with Crippen LogP contribution in [0.1, 0.15) is 12.7 Å². The van der Waals surface area contributed by atoms with Gasteiger partial charge in [0.25, 0.3) is 0 Å². The summed E-state index contributed by atoms with van der Waals surface area (Å²) < 4.78 is 3.34. The van der Waals surface area contributed by atoms with Gasteiger partial charge in [-0.05, 0) is 28.6 Å². The van der Waals surface area contributed by atoms with Gasteiger partial charge in [0.15, 0.2) is 5.82 Å². The van der Waals surface area contributed by atoms with E-state index in [9.17, 15) is 4.79 Å². The summed E-state index contributed by atoms with van der Waals surface area (Å²) in [6.45, 7) is 2.66. The zero-order valence-electron chi connectivity index (χ0n) is 12.7. The van der Waals surface area contributed by atoms with Crippen molar-refractivity contribution in [2.75, 3.05) is 0 Å². The molecule has 0 bridgehead atoms. The molecule has 0 radical (unpaired) electrons. The first-order valence-electron chi connectivity index (χ1n) is 7.32. The lowest BCUT2D eigenvalue weighted by atomic mass is 10.1. The second-order valence-corrected chi connectivity index (χ2v) is 5.19. The Morgan fingerprint density at radius 3 is 2.83 bits per heavy atom. The van der Waals surface area contributed by atoms with Crippen LogP contribution in [0.2, 0.25) is 0 Å². The molecule has 2 aromatic heterocycles. The van der Waals surface area contributed by atoms with Crippen LogP contribution >= 0.6 is 0 Å². The first kappa shape index (κ1) is 14.9. The second kappa shape index (κ2) is 6.82. The van der Waals surface area contributed by atoms with E-state index in [2.05, 4.69) is 25.9 Å². The van der Waals surface area contributed by atoms with Crippen LogP contribution in [-0.4, -0.2) is 35.9 Å². The summed E-state index contributed by atoms with van der Waals surface area (Å²) in [5.41, 5.74) is 0.853. The van der Waals surface area contributed by atoms with Gasteiger partial charge in [0, 0.05) is 12.4 Å². The fourth-order valence-corrected chi connectivity index (χ4v) is 2.20. The Balaban J connectivity index is 1.60. The molecule has 1 amide bonds. The quantitative estimate of drug-likeness (QED) is 0.727. The second-order valence-electron chi connectivity index (χ2n) is 5.19. The Hall–Kier alpha value is -3.03. The summed E-state index contributed by atoms with van der Waals surface area (Å²) in [6.07, 6.45) is 3.53. The van der Waals surface area contributed by atoms with Gasteiger partial charge < -0.3 is 5.32 Å². The molecule has 1 N–H and O–H groups in total. The van der Waals surface area contributed by atoms with E-state index in [1.807, 2.05) is 49.5 Å². The highest BCUT2D eigenvalue weighted by Crippen LogP contribution is 2.07. The maximum Gasteiger partial charge on any atom is 0.225 e. The number of para-hydroxylation sites is 1. The van der Waals surface area contributed by atoms with Crippen molar-refractivity contribution in [2.24, 2.45) is 5.92 Å². The molecule has 118 valence electrons. The first-order valence-corrected chi connectivity index (χ1v) is 7.32. The lowest BCUT2D eigenvalue weighted by Crippen LogP contribution is -2.32. The summed E-state index contributed by atoms with van der Waals surface area (Å²) in [7, 11) is 0. The van der Waals surface area contributed by atoms with Gasteiger partial charge in [-0.3, -0.25) is 9.48 Å². The highest BCUT2D eigenvalue weighted by Gasteiger charge is 2.15. The molecular formula is C15H17N7O. The van der Waals surface area contributed by atoms with Crippen LogP contribution in [0.15, 0.2) is 48.8 Å². The van der Waals surface area contributed by atoms with E-state index in [0.29, 0.717) is 12.4 Å². The summed E-state index contributed by atoms with van der Waals surface area (Å²) in [5, 5.41) is 18.6. The van der Waals surface area contributed by atoms with E-state index in [-0.39, 0.29) is 18.4 Å². The fraction of sp³-hybridized carbons (Fsp3) is 0.267. The highest BCUT2D eigenvalue weighted by atomic mass is 16.1. The van der Waals surface area contributed by atoms with Crippen LogP contribution in [-0.2, 0) is 17.9 Å². The molecule has 0 saturated heterocycles. The van der Waals surface area contributed by atoms with Crippen molar-refractivity contribution in [2.45, 2.75) is 20.0 Å². The molecule has 0 aliphatic rings. The zero-order valence-corrected chi connectivity index (χ0v) is 12.7. The number of carbonyl (C=O) groups is 1. The van der Waals surface area contributed by atoms with Crippen LogP contribution in [0.5, 0.6) is 0 Å². The minimum atomic E-state index is -0.198. The summed E-state index contributed by atoms with van der Waals surface area (Å²) in [4.78, 5) is 12.2. The summed E-state index contributed by atoms with van der Waals surface area (Å²) in [6, 6.07) is 11.4. The third-order valence-electron chi connectivity index (χ3n) is 3.42. The maximum atomic E-state index is 12.2. The molecule has 23 heavy (non-hydrogen) atoms. The maximum absolute atomic E-state index is 12.2. The Morgan fingerprint density at radius 1 is 1.26 bits per heavy atom. The number of nitrogens with one attached hydrogen (secondary N) is 1. The summed E-state index contributed by atoms with van der Waals surface area (Å²) >= 11 is 0. The van der Waals surface area contributed by atoms with Crippen LogP contribution in [0.4, 0.5) is 0 Å². The predicted molar refractivity (Wildman–Crippen MR) is 82.4 cm³/mol. The summed E-state index contributed by atoms with van der Waals surface area (Å²) in [5.74, 6) is 0.315. The molecule has 1 aromatic carbocycles. The number of amides is 1. The highest BCUT2D eigenvalue weighted by molar-refractivity contribution is 5.78. The number of aromatic nitrogens is 6. The van der Waals surface area contributed by atoms with Crippen molar-refractivity contribution < 1.29 is 4.79 Å². The normalized spacial score (nSPS) is 12.0. The lowest BCUT2D eigenvalue weighted by Gasteiger charge is -2.12. The van der Waals surface area contributed by atoms with Crippen LogP contribution in [0, 0.1) is 5.92 Å². The first-order chi connectivity index (χ1) is 11.2. The third kappa shape index (κ3) is 3.60. The topological polar surface area (TPSA) is 90.5 Å². The van der Waals surface area contributed by atoms with Crippen molar-refractivity contribution in [1.82, 2.24) is 35.3 Å². The van der Waals surface area contributed by atoms with Gasteiger partial charge in [0.2, 0.25) is 5.91 Å². The third-order valence-corrected chi connectivity index (χ3v) is 3.42. The number of nitrogens with zero attached hydrogens (tertiary/aromatic N) is 6. The molecule has 0 aliphatic carbocycles. The number of rotatable bonds is 6. The number of tetrazole rings is 1. The van der Waals surface area contributed by atoms with Gasteiger partial charge in [-0.25, -0.2) is 0 Å². The average molecular weight is 311 g/mol. The minimum Gasteiger partial charge on any atom is -0.348 e. The van der Waals surface area contributed by atoms with Gasteiger partial charge in [-0.1, -0.05) is 25.1 Å². The van der Waals surface area contributed by atoms with Gasteiger partial charge in [0.1, 0.15) is 0 Å². The fourth-order valence-electron chi connectivity index (χ4n) is 2.20. The Labute approximate surface area is 133 Å².